The molecule has 1 heterocycles. The van der Waals surface area contributed by atoms with E-state index in [4.69, 9.17) is 9.15 Å². The van der Waals surface area contributed by atoms with Gasteiger partial charge in [-0.2, -0.15) is 0 Å². The second kappa shape index (κ2) is 14.2. The molecule has 3 aromatic carbocycles. The Balaban J connectivity index is 1.21. The number of unbranched alkanes of at least 4 members (excludes halogenated alkanes) is 2. The molecule has 7 heteroatoms. The molecule has 4 aromatic rings. The molecule has 218 valence electrons. The topological polar surface area (TPSA) is 64.4 Å². The average Bonchev–Trinajstić information content (AvgIpc) is 3.36. The van der Waals surface area contributed by atoms with Crippen LogP contribution in [0.1, 0.15) is 76.3 Å². The van der Waals surface area contributed by atoms with Gasteiger partial charge in [0.15, 0.2) is 5.58 Å². The maximum atomic E-state index is 12.8. The van der Waals surface area contributed by atoms with Crippen molar-refractivity contribution in [2.24, 2.45) is 0 Å². The van der Waals surface area contributed by atoms with Crippen LogP contribution in [0.4, 0.5) is 5.69 Å². The predicted molar refractivity (Wildman–Crippen MR) is 176 cm³/mol. The summed E-state index contributed by atoms with van der Waals surface area (Å²) in [7, 11) is -1.69. The molecule has 0 fully saturated rings. The minimum Gasteiger partial charge on any atom is -0.497 e. The lowest BCUT2D eigenvalue weighted by Crippen LogP contribution is -2.47. The Hall–Kier alpha value is -3.03. The molecule has 0 bridgehead atoms. The standard InChI is InChI=1S/C34H44N2O3SSi/c1-24(2)28-16-13-17-29(25(3)4)33(28)36-32(37)18-11-8-12-21-40-34-35-30-22-26(19-20-31(30)39-34)38-23-41(5,6)27-14-9-7-10-15-27/h7,9-10,13-17,19-20,22,24-25H,8,11-12,18,21,23H2,1-6H3,(H,36,37). The molecule has 0 unspecified atom stereocenters. The number of hydrogen-bond acceptors (Lipinski definition) is 5. The van der Waals surface area contributed by atoms with Gasteiger partial charge in [-0.05, 0) is 47.9 Å². The number of ether oxygens (including phenoxy) is 1. The van der Waals surface area contributed by atoms with Crippen LogP contribution in [0, 0.1) is 0 Å². The molecule has 0 aliphatic rings. The van der Waals surface area contributed by atoms with E-state index < -0.39 is 8.07 Å². The van der Waals surface area contributed by atoms with E-state index in [9.17, 15) is 4.79 Å². The Bertz CT molecular complexity index is 1410. The Morgan fingerprint density at radius 3 is 2.32 bits per heavy atom. The first-order valence-electron chi connectivity index (χ1n) is 14.8. The number of amides is 1. The second-order valence-corrected chi connectivity index (χ2v) is 17.7. The van der Waals surface area contributed by atoms with E-state index in [0.29, 0.717) is 29.7 Å². The molecule has 1 aromatic heterocycles. The van der Waals surface area contributed by atoms with Crippen molar-refractivity contribution in [3.05, 3.63) is 77.9 Å². The molecule has 0 atom stereocenters. The predicted octanol–water partition coefficient (Wildman–Crippen LogP) is 8.90. The van der Waals surface area contributed by atoms with Gasteiger partial charge in [0.05, 0.1) is 6.23 Å². The van der Waals surface area contributed by atoms with Crippen LogP contribution in [0.15, 0.2) is 76.4 Å². The van der Waals surface area contributed by atoms with Crippen LogP contribution in [0.5, 0.6) is 5.75 Å². The first kappa shape index (κ1) is 30.9. The fourth-order valence-corrected chi connectivity index (χ4v) is 7.52. The summed E-state index contributed by atoms with van der Waals surface area (Å²) in [5, 5.41) is 5.29. The largest absolute Gasteiger partial charge is 0.497 e. The van der Waals surface area contributed by atoms with Gasteiger partial charge in [0.2, 0.25) is 5.91 Å². The van der Waals surface area contributed by atoms with Gasteiger partial charge < -0.3 is 14.5 Å². The van der Waals surface area contributed by atoms with E-state index >= 15 is 0 Å². The molecule has 0 spiro atoms. The smallest absolute Gasteiger partial charge is 0.256 e. The summed E-state index contributed by atoms with van der Waals surface area (Å²) in [6.45, 7) is 13.3. The number of benzene rings is 3. The van der Waals surface area contributed by atoms with E-state index in [0.717, 1.165) is 47.6 Å². The van der Waals surface area contributed by atoms with Gasteiger partial charge in [-0.15, -0.1) is 0 Å². The summed E-state index contributed by atoms with van der Waals surface area (Å²) >= 11 is 1.63. The second-order valence-electron chi connectivity index (χ2n) is 12.0. The summed E-state index contributed by atoms with van der Waals surface area (Å²) in [4.78, 5) is 17.4. The Morgan fingerprint density at radius 2 is 1.63 bits per heavy atom. The number of hydrogen-bond donors (Lipinski definition) is 1. The third kappa shape index (κ3) is 8.49. The Kier molecular flexibility index (Phi) is 10.7. The zero-order valence-corrected chi connectivity index (χ0v) is 27.1. The van der Waals surface area contributed by atoms with Crippen LogP contribution < -0.4 is 15.2 Å². The quantitative estimate of drug-likeness (QED) is 0.0905. The first-order chi connectivity index (χ1) is 19.6. The molecule has 0 saturated carbocycles. The van der Waals surface area contributed by atoms with Crippen molar-refractivity contribution < 1.29 is 13.9 Å². The van der Waals surface area contributed by atoms with E-state index in [1.165, 1.54) is 16.3 Å². The third-order valence-electron chi connectivity index (χ3n) is 7.41. The zero-order chi connectivity index (χ0) is 29.4. The lowest BCUT2D eigenvalue weighted by atomic mass is 9.92. The van der Waals surface area contributed by atoms with Crippen molar-refractivity contribution in [3.63, 3.8) is 0 Å². The van der Waals surface area contributed by atoms with Crippen LogP contribution >= 0.6 is 11.8 Å². The molecule has 5 nitrogen and oxygen atoms in total. The highest BCUT2D eigenvalue weighted by Crippen LogP contribution is 2.33. The number of oxazole rings is 1. The van der Waals surface area contributed by atoms with Gasteiger partial charge in [-0.25, -0.2) is 4.98 Å². The monoisotopic (exact) mass is 588 g/mol. The zero-order valence-electron chi connectivity index (χ0n) is 25.3. The van der Waals surface area contributed by atoms with Gasteiger partial charge in [0.1, 0.15) is 19.3 Å². The Labute approximate surface area is 250 Å². The molecular weight excluding hydrogens is 545 g/mol. The van der Waals surface area contributed by atoms with E-state index in [1.54, 1.807) is 11.8 Å². The molecule has 1 N–H and O–H groups in total. The van der Waals surface area contributed by atoms with E-state index in [2.05, 4.69) is 99.6 Å². The third-order valence-corrected chi connectivity index (χ3v) is 11.1. The number of aromatic nitrogens is 1. The first-order valence-corrected chi connectivity index (χ1v) is 19.0. The number of nitrogens with one attached hydrogen (secondary N) is 1. The number of anilines is 1. The summed E-state index contributed by atoms with van der Waals surface area (Å²) in [5.74, 6) is 2.55. The number of fused-ring (bicyclic) bond motifs is 1. The van der Waals surface area contributed by atoms with Crippen LogP contribution in [0.3, 0.4) is 0 Å². The van der Waals surface area contributed by atoms with Crippen molar-refractivity contribution in [3.8, 4) is 5.75 Å². The summed E-state index contributed by atoms with van der Waals surface area (Å²) < 4.78 is 12.2. The molecular formula is C34H44N2O3SSi. The molecule has 1 amide bonds. The van der Waals surface area contributed by atoms with Crippen LogP contribution in [-0.2, 0) is 4.79 Å². The molecule has 0 aliphatic heterocycles. The van der Waals surface area contributed by atoms with Crippen molar-refractivity contribution in [2.45, 2.75) is 83.5 Å². The van der Waals surface area contributed by atoms with Crippen molar-refractivity contribution in [1.82, 2.24) is 4.98 Å². The molecule has 41 heavy (non-hydrogen) atoms. The molecule has 0 saturated heterocycles. The summed E-state index contributed by atoms with van der Waals surface area (Å²) in [5.41, 5.74) is 5.01. The van der Waals surface area contributed by atoms with Crippen LogP contribution in [0.2, 0.25) is 13.1 Å². The normalized spacial score (nSPS) is 11.9. The highest BCUT2D eigenvalue weighted by molar-refractivity contribution is 7.99. The van der Waals surface area contributed by atoms with Gasteiger partial charge in [0, 0.05) is 23.9 Å². The molecule has 0 radical (unpaired) electrons. The fourth-order valence-electron chi connectivity index (χ4n) is 4.90. The highest BCUT2D eigenvalue weighted by Gasteiger charge is 2.24. The number of rotatable bonds is 14. The summed E-state index contributed by atoms with van der Waals surface area (Å²) in [6.07, 6.45) is 4.10. The number of para-hydroxylation sites is 1. The SMILES string of the molecule is CC(C)c1cccc(C(C)C)c1NC(=O)CCCCCSc1nc2cc(OC[Si](C)(C)c3ccccc3)ccc2o1. The van der Waals surface area contributed by atoms with Crippen molar-refractivity contribution in [1.29, 1.82) is 0 Å². The highest BCUT2D eigenvalue weighted by atomic mass is 32.2. The maximum absolute atomic E-state index is 12.8. The van der Waals surface area contributed by atoms with Crippen molar-refractivity contribution >= 4 is 47.7 Å². The lowest BCUT2D eigenvalue weighted by Gasteiger charge is -2.23. The maximum Gasteiger partial charge on any atom is 0.256 e. The van der Waals surface area contributed by atoms with Gasteiger partial charge in [-0.1, -0.05) is 113 Å². The lowest BCUT2D eigenvalue weighted by molar-refractivity contribution is -0.116. The van der Waals surface area contributed by atoms with Gasteiger partial charge in [0.25, 0.3) is 5.22 Å². The van der Waals surface area contributed by atoms with Gasteiger partial charge >= 0.3 is 0 Å². The number of nitrogens with zero attached hydrogens (tertiary/aromatic N) is 1. The van der Waals surface area contributed by atoms with Crippen LogP contribution in [0.25, 0.3) is 11.1 Å². The minimum atomic E-state index is -1.69. The summed E-state index contributed by atoms with van der Waals surface area (Å²) in [6, 6.07) is 22.9. The van der Waals surface area contributed by atoms with E-state index in [1.807, 2.05) is 18.2 Å². The van der Waals surface area contributed by atoms with Crippen molar-refractivity contribution in [2.75, 3.05) is 17.3 Å². The van der Waals surface area contributed by atoms with Crippen LogP contribution in [-0.4, -0.2) is 30.9 Å². The number of carbonyl (C=O) groups is 1. The number of carbonyl (C=O) groups excluding carboxylic acids is 1. The number of thioether (sulfide) groups is 1. The Morgan fingerprint density at radius 1 is 0.927 bits per heavy atom. The van der Waals surface area contributed by atoms with Gasteiger partial charge in [-0.3, -0.25) is 4.79 Å². The molecule has 0 aliphatic carbocycles. The minimum absolute atomic E-state index is 0.0967. The van der Waals surface area contributed by atoms with E-state index in [-0.39, 0.29) is 5.91 Å². The fraction of sp³-hybridized carbons (Fsp3) is 0.412. The average molecular weight is 589 g/mol. The molecule has 4 rings (SSSR count).